The van der Waals surface area contributed by atoms with Crippen LogP contribution in [-0.4, -0.2) is 12.1 Å². The number of carbonyl (C=O) groups excluding carboxylic acids is 1. The van der Waals surface area contributed by atoms with E-state index in [0.29, 0.717) is 6.42 Å². The average Bonchev–Trinajstić information content (AvgIpc) is 1.99. The SMILES string of the molecule is CCC(=O)O[C@H](C)C#CC(C)(C)C. The summed E-state index contributed by atoms with van der Waals surface area (Å²) in [5.41, 5.74) is -0.0348. The molecule has 0 saturated carbocycles. The summed E-state index contributed by atoms with van der Waals surface area (Å²) in [6.07, 6.45) is 0.105. The molecule has 0 radical (unpaired) electrons. The van der Waals surface area contributed by atoms with Gasteiger partial charge in [-0.15, -0.1) is 0 Å². The highest BCUT2D eigenvalue weighted by Crippen LogP contribution is 2.10. The third-order valence-electron chi connectivity index (χ3n) is 1.25. The topological polar surface area (TPSA) is 26.3 Å². The Labute approximate surface area is 80.7 Å². The largest absolute Gasteiger partial charge is 0.449 e. The van der Waals surface area contributed by atoms with Gasteiger partial charge < -0.3 is 4.74 Å². The Morgan fingerprint density at radius 1 is 1.46 bits per heavy atom. The van der Waals surface area contributed by atoms with Gasteiger partial charge in [-0.3, -0.25) is 4.79 Å². The molecule has 0 aromatic rings. The van der Waals surface area contributed by atoms with E-state index in [4.69, 9.17) is 4.74 Å². The van der Waals surface area contributed by atoms with Gasteiger partial charge in [-0.05, 0) is 27.7 Å². The molecule has 0 amide bonds. The first-order valence-corrected chi connectivity index (χ1v) is 4.57. The molecule has 0 aromatic heterocycles. The predicted octanol–water partition coefficient (Wildman–Crippen LogP) is 2.38. The van der Waals surface area contributed by atoms with Gasteiger partial charge in [0.2, 0.25) is 0 Å². The lowest BCUT2D eigenvalue weighted by Gasteiger charge is -2.09. The molecule has 1 atom stereocenters. The van der Waals surface area contributed by atoms with Crippen LogP contribution in [0.1, 0.15) is 41.0 Å². The second kappa shape index (κ2) is 4.91. The molecule has 2 heteroatoms. The first-order chi connectivity index (χ1) is 5.85. The average molecular weight is 182 g/mol. The van der Waals surface area contributed by atoms with Crippen LogP contribution in [0.5, 0.6) is 0 Å². The van der Waals surface area contributed by atoms with Crippen molar-refractivity contribution in [2.75, 3.05) is 0 Å². The van der Waals surface area contributed by atoms with Gasteiger partial charge in [0.1, 0.15) is 0 Å². The highest BCUT2D eigenvalue weighted by Gasteiger charge is 2.06. The highest BCUT2D eigenvalue weighted by atomic mass is 16.5. The summed E-state index contributed by atoms with van der Waals surface area (Å²) >= 11 is 0. The molecular weight excluding hydrogens is 164 g/mol. The molecule has 0 aliphatic carbocycles. The Kier molecular flexibility index (Phi) is 4.55. The van der Waals surface area contributed by atoms with E-state index in [0.717, 1.165) is 0 Å². The van der Waals surface area contributed by atoms with E-state index < -0.39 is 0 Å². The van der Waals surface area contributed by atoms with Crippen LogP contribution in [0.15, 0.2) is 0 Å². The summed E-state index contributed by atoms with van der Waals surface area (Å²) in [5.74, 6) is 5.72. The molecule has 0 fully saturated rings. The van der Waals surface area contributed by atoms with Gasteiger partial charge in [-0.2, -0.15) is 0 Å². The molecule has 74 valence electrons. The summed E-state index contributed by atoms with van der Waals surface area (Å²) in [4.78, 5) is 10.9. The number of hydrogen-bond donors (Lipinski definition) is 0. The van der Waals surface area contributed by atoms with Crippen LogP contribution in [-0.2, 0) is 9.53 Å². The molecule has 0 aliphatic heterocycles. The van der Waals surface area contributed by atoms with Crippen LogP contribution in [0.25, 0.3) is 0 Å². The van der Waals surface area contributed by atoms with E-state index in [-0.39, 0.29) is 17.5 Å². The van der Waals surface area contributed by atoms with Gasteiger partial charge in [0, 0.05) is 11.8 Å². The molecule has 0 spiro atoms. The summed E-state index contributed by atoms with van der Waals surface area (Å²) in [7, 11) is 0. The zero-order chi connectivity index (χ0) is 10.5. The second-order valence-electron chi connectivity index (χ2n) is 4.00. The maximum absolute atomic E-state index is 10.9. The van der Waals surface area contributed by atoms with Gasteiger partial charge in [-0.1, -0.05) is 18.8 Å². The summed E-state index contributed by atoms with van der Waals surface area (Å²) in [6, 6.07) is 0. The maximum atomic E-state index is 10.9. The predicted molar refractivity (Wildman–Crippen MR) is 53.1 cm³/mol. The van der Waals surface area contributed by atoms with Crippen molar-refractivity contribution in [2.45, 2.75) is 47.1 Å². The Balaban J connectivity index is 4.05. The van der Waals surface area contributed by atoms with Crippen LogP contribution in [0, 0.1) is 17.3 Å². The van der Waals surface area contributed by atoms with E-state index in [1.54, 1.807) is 13.8 Å². The molecule has 0 unspecified atom stereocenters. The molecule has 0 aromatic carbocycles. The minimum absolute atomic E-state index is 0.0348. The third-order valence-corrected chi connectivity index (χ3v) is 1.25. The number of rotatable bonds is 2. The zero-order valence-corrected chi connectivity index (χ0v) is 9.10. The molecule has 0 N–H and O–H groups in total. The van der Waals surface area contributed by atoms with Crippen LogP contribution in [0.2, 0.25) is 0 Å². The van der Waals surface area contributed by atoms with Crippen molar-refractivity contribution >= 4 is 5.97 Å². The minimum atomic E-state index is -0.299. The van der Waals surface area contributed by atoms with E-state index in [9.17, 15) is 4.79 Å². The van der Waals surface area contributed by atoms with Crippen molar-refractivity contribution in [2.24, 2.45) is 5.41 Å². The Bertz CT molecular complexity index is 225. The van der Waals surface area contributed by atoms with Gasteiger partial charge in [0.15, 0.2) is 6.10 Å². The fourth-order valence-electron chi connectivity index (χ4n) is 0.628. The molecule has 2 nitrogen and oxygen atoms in total. The van der Waals surface area contributed by atoms with Crippen molar-refractivity contribution in [3.63, 3.8) is 0 Å². The van der Waals surface area contributed by atoms with E-state index in [1.807, 2.05) is 20.8 Å². The van der Waals surface area contributed by atoms with Crippen LogP contribution in [0.3, 0.4) is 0 Å². The normalized spacial score (nSPS) is 12.7. The summed E-state index contributed by atoms with van der Waals surface area (Å²) in [6.45, 7) is 9.62. The third kappa shape index (κ3) is 7.39. The highest BCUT2D eigenvalue weighted by molar-refractivity contribution is 5.69. The van der Waals surface area contributed by atoms with E-state index in [1.165, 1.54) is 0 Å². The molecule has 0 rings (SSSR count). The van der Waals surface area contributed by atoms with Gasteiger partial charge in [-0.25, -0.2) is 0 Å². The maximum Gasteiger partial charge on any atom is 0.306 e. The second-order valence-corrected chi connectivity index (χ2v) is 4.00. The fraction of sp³-hybridized carbons (Fsp3) is 0.727. The van der Waals surface area contributed by atoms with Crippen molar-refractivity contribution in [1.29, 1.82) is 0 Å². The minimum Gasteiger partial charge on any atom is -0.449 e. The van der Waals surface area contributed by atoms with E-state index >= 15 is 0 Å². The monoisotopic (exact) mass is 182 g/mol. The lowest BCUT2D eigenvalue weighted by atomic mass is 9.98. The van der Waals surface area contributed by atoms with Gasteiger partial charge >= 0.3 is 5.97 Å². The number of carbonyl (C=O) groups is 1. The van der Waals surface area contributed by atoms with Crippen molar-refractivity contribution < 1.29 is 9.53 Å². The Morgan fingerprint density at radius 3 is 2.38 bits per heavy atom. The van der Waals surface area contributed by atoms with Crippen molar-refractivity contribution in [3.8, 4) is 11.8 Å². The van der Waals surface area contributed by atoms with Crippen LogP contribution >= 0.6 is 0 Å². The standard InChI is InChI=1S/C11H18O2/c1-6-10(12)13-9(2)7-8-11(3,4)5/h9H,6H2,1-5H3/t9-/m1/s1. The number of ether oxygens (including phenoxy) is 1. The van der Waals surface area contributed by atoms with Crippen LogP contribution in [0.4, 0.5) is 0 Å². The first kappa shape index (κ1) is 12.0. The molecule has 0 aliphatic rings. The van der Waals surface area contributed by atoms with Gasteiger partial charge in [0.05, 0.1) is 0 Å². The lowest BCUT2D eigenvalue weighted by Crippen LogP contribution is -2.12. The molecule has 0 bridgehead atoms. The smallest absolute Gasteiger partial charge is 0.306 e. The lowest BCUT2D eigenvalue weighted by molar-refractivity contribution is -0.145. The van der Waals surface area contributed by atoms with Crippen molar-refractivity contribution in [1.82, 2.24) is 0 Å². The molecule has 13 heavy (non-hydrogen) atoms. The van der Waals surface area contributed by atoms with Gasteiger partial charge in [0.25, 0.3) is 0 Å². The molecular formula is C11H18O2. The molecule has 0 saturated heterocycles. The quantitative estimate of drug-likeness (QED) is 0.484. The number of esters is 1. The fourth-order valence-corrected chi connectivity index (χ4v) is 0.628. The van der Waals surface area contributed by atoms with Crippen molar-refractivity contribution in [3.05, 3.63) is 0 Å². The Morgan fingerprint density at radius 2 is 2.00 bits per heavy atom. The Hall–Kier alpha value is -0.970. The summed E-state index contributed by atoms with van der Waals surface area (Å²) in [5, 5.41) is 0. The summed E-state index contributed by atoms with van der Waals surface area (Å²) < 4.78 is 4.98. The molecule has 0 heterocycles. The zero-order valence-electron chi connectivity index (χ0n) is 9.10. The number of hydrogen-bond acceptors (Lipinski definition) is 2. The first-order valence-electron chi connectivity index (χ1n) is 4.57. The van der Waals surface area contributed by atoms with Crippen LogP contribution < -0.4 is 0 Å². The van der Waals surface area contributed by atoms with E-state index in [2.05, 4.69) is 11.8 Å².